The van der Waals surface area contributed by atoms with Gasteiger partial charge >= 0.3 is 6.18 Å². The third-order valence-electron chi connectivity index (χ3n) is 2.88. The van der Waals surface area contributed by atoms with Crippen molar-refractivity contribution < 1.29 is 23.1 Å². The Morgan fingerprint density at radius 2 is 1.90 bits per heavy atom. The maximum absolute atomic E-state index is 12.5. The SMILES string of the molecule is CCCN(CC(F)(F)F)C(=O)[C@@H](N)Cc1ccc(O)cc1. The molecule has 3 N–H and O–H groups in total. The average Bonchev–Trinajstić information content (AvgIpc) is 2.38. The summed E-state index contributed by atoms with van der Waals surface area (Å²) in [6.07, 6.45) is -3.89. The van der Waals surface area contributed by atoms with Crippen molar-refractivity contribution in [2.75, 3.05) is 13.1 Å². The summed E-state index contributed by atoms with van der Waals surface area (Å²) in [4.78, 5) is 12.8. The predicted octanol–water partition coefficient (Wildman–Crippen LogP) is 2.06. The molecule has 0 spiro atoms. The quantitative estimate of drug-likeness (QED) is 0.845. The number of halogens is 3. The third-order valence-corrected chi connectivity index (χ3v) is 2.88. The normalized spacial score (nSPS) is 13.0. The highest BCUT2D eigenvalue weighted by Gasteiger charge is 2.34. The number of phenols is 1. The first kappa shape index (κ1) is 17.3. The maximum atomic E-state index is 12.5. The van der Waals surface area contributed by atoms with E-state index in [0.717, 1.165) is 4.90 Å². The van der Waals surface area contributed by atoms with Crippen LogP contribution in [-0.4, -0.2) is 41.2 Å². The van der Waals surface area contributed by atoms with Crippen LogP contribution in [0.5, 0.6) is 5.75 Å². The topological polar surface area (TPSA) is 66.6 Å². The van der Waals surface area contributed by atoms with Gasteiger partial charge in [-0.25, -0.2) is 0 Å². The zero-order valence-corrected chi connectivity index (χ0v) is 11.7. The van der Waals surface area contributed by atoms with Crippen LogP contribution in [0.2, 0.25) is 0 Å². The van der Waals surface area contributed by atoms with Crippen LogP contribution in [0.3, 0.4) is 0 Å². The van der Waals surface area contributed by atoms with E-state index in [2.05, 4.69) is 0 Å². The molecule has 1 amide bonds. The van der Waals surface area contributed by atoms with Crippen LogP contribution < -0.4 is 5.73 Å². The minimum absolute atomic E-state index is 0.0155. The minimum atomic E-state index is -4.44. The molecule has 0 fully saturated rings. The summed E-state index contributed by atoms with van der Waals surface area (Å²) in [6.45, 7) is 0.423. The Morgan fingerprint density at radius 1 is 1.33 bits per heavy atom. The van der Waals surface area contributed by atoms with Crippen LogP contribution in [-0.2, 0) is 11.2 Å². The summed E-state index contributed by atoms with van der Waals surface area (Å²) in [6, 6.07) is 4.99. The lowest BCUT2D eigenvalue weighted by Crippen LogP contribution is -2.48. The number of carbonyl (C=O) groups excluding carboxylic acids is 1. The highest BCUT2D eigenvalue weighted by Crippen LogP contribution is 2.18. The molecule has 0 heterocycles. The average molecular weight is 304 g/mol. The van der Waals surface area contributed by atoms with Crippen LogP contribution in [0.25, 0.3) is 0 Å². The molecule has 21 heavy (non-hydrogen) atoms. The van der Waals surface area contributed by atoms with Crippen LogP contribution in [0.1, 0.15) is 18.9 Å². The molecule has 1 aromatic rings. The molecule has 0 saturated heterocycles. The number of hydrogen-bond donors (Lipinski definition) is 2. The molecule has 1 aromatic carbocycles. The maximum Gasteiger partial charge on any atom is 0.406 e. The predicted molar refractivity (Wildman–Crippen MR) is 72.7 cm³/mol. The van der Waals surface area contributed by atoms with E-state index in [1.54, 1.807) is 19.1 Å². The Hall–Kier alpha value is -1.76. The molecule has 0 aliphatic rings. The van der Waals surface area contributed by atoms with Gasteiger partial charge in [0.25, 0.3) is 0 Å². The number of alkyl halides is 3. The van der Waals surface area contributed by atoms with E-state index in [-0.39, 0.29) is 18.7 Å². The molecule has 0 aliphatic heterocycles. The highest BCUT2D eigenvalue weighted by atomic mass is 19.4. The molecule has 0 saturated carbocycles. The molecule has 0 aliphatic carbocycles. The van der Waals surface area contributed by atoms with Gasteiger partial charge in [-0.3, -0.25) is 4.79 Å². The van der Waals surface area contributed by atoms with E-state index in [0.29, 0.717) is 12.0 Å². The number of phenolic OH excluding ortho intramolecular Hbond substituents is 1. The number of carbonyl (C=O) groups is 1. The molecule has 0 bridgehead atoms. The van der Waals surface area contributed by atoms with Gasteiger partial charge < -0.3 is 15.7 Å². The fraction of sp³-hybridized carbons (Fsp3) is 0.500. The van der Waals surface area contributed by atoms with Gasteiger partial charge in [0, 0.05) is 6.54 Å². The van der Waals surface area contributed by atoms with Crippen molar-refractivity contribution in [2.24, 2.45) is 5.73 Å². The van der Waals surface area contributed by atoms with Gasteiger partial charge in [-0.05, 0) is 30.5 Å². The fourth-order valence-corrected chi connectivity index (χ4v) is 1.96. The zero-order valence-electron chi connectivity index (χ0n) is 11.7. The summed E-state index contributed by atoms with van der Waals surface area (Å²) >= 11 is 0. The number of nitrogens with zero attached hydrogens (tertiary/aromatic N) is 1. The van der Waals surface area contributed by atoms with Crippen molar-refractivity contribution in [3.8, 4) is 5.75 Å². The number of benzene rings is 1. The molecule has 4 nitrogen and oxygen atoms in total. The van der Waals surface area contributed by atoms with Crippen LogP contribution in [0.15, 0.2) is 24.3 Å². The van der Waals surface area contributed by atoms with E-state index in [4.69, 9.17) is 10.8 Å². The lowest BCUT2D eigenvalue weighted by atomic mass is 10.1. The van der Waals surface area contributed by atoms with Gasteiger partial charge in [0.05, 0.1) is 6.04 Å². The summed E-state index contributed by atoms with van der Waals surface area (Å²) in [7, 11) is 0. The molecular weight excluding hydrogens is 285 g/mol. The Morgan fingerprint density at radius 3 is 2.38 bits per heavy atom. The number of nitrogens with two attached hydrogens (primary N) is 1. The standard InChI is InChI=1S/C14H19F3N2O2/c1-2-7-19(9-14(15,16)17)13(21)12(18)8-10-3-5-11(20)6-4-10/h3-6,12,20H,2,7-9,18H2,1H3/t12-/m0/s1. The molecular formula is C14H19F3N2O2. The van der Waals surface area contributed by atoms with E-state index >= 15 is 0 Å². The van der Waals surface area contributed by atoms with Gasteiger partial charge in [0.15, 0.2) is 0 Å². The second kappa shape index (κ2) is 7.31. The van der Waals surface area contributed by atoms with Gasteiger partial charge in [-0.15, -0.1) is 0 Å². The third kappa shape index (κ3) is 6.03. The molecule has 0 aromatic heterocycles. The Kier molecular flexibility index (Phi) is 6.02. The lowest BCUT2D eigenvalue weighted by molar-refractivity contribution is -0.162. The van der Waals surface area contributed by atoms with Crippen LogP contribution >= 0.6 is 0 Å². The molecule has 0 radical (unpaired) electrons. The summed E-state index contributed by atoms with van der Waals surface area (Å²) in [5.41, 5.74) is 6.39. The van der Waals surface area contributed by atoms with Crippen LogP contribution in [0, 0.1) is 0 Å². The Bertz CT molecular complexity index is 460. The van der Waals surface area contributed by atoms with E-state index < -0.39 is 24.7 Å². The van der Waals surface area contributed by atoms with Crippen molar-refractivity contribution in [1.82, 2.24) is 4.90 Å². The Labute approximate surface area is 121 Å². The second-order valence-electron chi connectivity index (χ2n) is 4.85. The first-order chi connectivity index (χ1) is 9.73. The van der Waals surface area contributed by atoms with E-state index in [1.165, 1.54) is 12.1 Å². The zero-order chi connectivity index (χ0) is 16.0. The van der Waals surface area contributed by atoms with Crippen molar-refractivity contribution >= 4 is 5.91 Å². The summed E-state index contributed by atoms with van der Waals surface area (Å²) in [5, 5.41) is 9.15. The van der Waals surface area contributed by atoms with Crippen molar-refractivity contribution in [3.05, 3.63) is 29.8 Å². The molecule has 0 unspecified atom stereocenters. The molecule has 1 atom stereocenters. The Balaban J connectivity index is 2.71. The summed E-state index contributed by atoms with van der Waals surface area (Å²) < 4.78 is 37.4. The summed E-state index contributed by atoms with van der Waals surface area (Å²) in [5.74, 6) is -0.648. The molecule has 118 valence electrons. The van der Waals surface area contributed by atoms with E-state index in [9.17, 15) is 18.0 Å². The first-order valence-electron chi connectivity index (χ1n) is 6.62. The van der Waals surface area contributed by atoms with Crippen molar-refractivity contribution in [2.45, 2.75) is 32.0 Å². The smallest absolute Gasteiger partial charge is 0.406 e. The second-order valence-corrected chi connectivity index (χ2v) is 4.85. The lowest BCUT2D eigenvalue weighted by Gasteiger charge is -2.26. The van der Waals surface area contributed by atoms with Crippen molar-refractivity contribution in [3.63, 3.8) is 0 Å². The van der Waals surface area contributed by atoms with Crippen molar-refractivity contribution in [1.29, 1.82) is 0 Å². The van der Waals surface area contributed by atoms with E-state index in [1.807, 2.05) is 0 Å². The molecule has 7 heteroatoms. The fourth-order valence-electron chi connectivity index (χ4n) is 1.96. The van der Waals surface area contributed by atoms with Crippen LogP contribution in [0.4, 0.5) is 13.2 Å². The number of amides is 1. The number of hydrogen-bond acceptors (Lipinski definition) is 3. The van der Waals surface area contributed by atoms with Gasteiger partial charge in [-0.1, -0.05) is 19.1 Å². The first-order valence-corrected chi connectivity index (χ1v) is 6.62. The van der Waals surface area contributed by atoms with Gasteiger partial charge in [0.1, 0.15) is 12.3 Å². The monoisotopic (exact) mass is 304 g/mol. The number of rotatable bonds is 6. The highest BCUT2D eigenvalue weighted by molar-refractivity contribution is 5.82. The largest absolute Gasteiger partial charge is 0.508 e. The van der Waals surface area contributed by atoms with Gasteiger partial charge in [0.2, 0.25) is 5.91 Å². The number of aromatic hydroxyl groups is 1. The van der Waals surface area contributed by atoms with Gasteiger partial charge in [-0.2, -0.15) is 13.2 Å². The minimum Gasteiger partial charge on any atom is -0.508 e. The molecule has 1 rings (SSSR count).